The Bertz CT molecular complexity index is 620. The third-order valence-corrected chi connectivity index (χ3v) is 3.47. The van der Waals surface area contributed by atoms with Gasteiger partial charge in [0.25, 0.3) is 0 Å². The summed E-state index contributed by atoms with van der Waals surface area (Å²) < 4.78 is 10.9. The molecule has 2 aromatic rings. The number of benzene rings is 2. The predicted octanol–water partition coefficient (Wildman–Crippen LogP) is 4.19. The summed E-state index contributed by atoms with van der Waals surface area (Å²) in [5.74, 6) is 0.850. The van der Waals surface area contributed by atoms with Crippen molar-refractivity contribution in [3.05, 3.63) is 59.7 Å². The van der Waals surface area contributed by atoms with Crippen molar-refractivity contribution >= 4 is 5.97 Å². The molecule has 0 fully saturated rings. The third kappa shape index (κ3) is 4.35. The molecule has 0 bridgehead atoms. The summed E-state index contributed by atoms with van der Waals surface area (Å²) >= 11 is 0. The van der Waals surface area contributed by atoms with E-state index in [2.05, 4.69) is 19.1 Å². The molecule has 0 aliphatic rings. The number of para-hydroxylation sites is 2. The number of hydrogen-bond acceptors (Lipinski definition) is 3. The van der Waals surface area contributed by atoms with Gasteiger partial charge in [-0.25, -0.2) is 0 Å². The van der Waals surface area contributed by atoms with Gasteiger partial charge in [-0.05, 0) is 43.0 Å². The number of hydrogen-bond donors (Lipinski definition) is 0. The molecule has 0 saturated carbocycles. The molecular formula is C19H22O3. The quantitative estimate of drug-likeness (QED) is 0.568. The van der Waals surface area contributed by atoms with E-state index in [-0.39, 0.29) is 5.97 Å². The van der Waals surface area contributed by atoms with Crippen molar-refractivity contribution in [3.8, 4) is 11.5 Å². The fourth-order valence-electron chi connectivity index (χ4n) is 2.37. The summed E-state index contributed by atoms with van der Waals surface area (Å²) in [6.07, 6.45) is 2.02. The number of ether oxygens (including phenoxy) is 2. The van der Waals surface area contributed by atoms with Crippen LogP contribution >= 0.6 is 0 Å². The first-order chi connectivity index (χ1) is 10.7. The molecule has 0 N–H and O–H groups in total. The standard InChI is InChI=1S/C19H22O3/c1-3-15-9-5-6-10-16(15)13-14-19(20)22-18-12-8-7-11-17(18)21-4-2/h5-12H,3-4,13-14H2,1-2H3. The smallest absolute Gasteiger partial charge is 0.311 e. The van der Waals surface area contributed by atoms with E-state index in [1.807, 2.05) is 31.2 Å². The second-order valence-corrected chi connectivity index (χ2v) is 4.98. The van der Waals surface area contributed by atoms with Crippen LogP contribution in [0, 0.1) is 0 Å². The zero-order chi connectivity index (χ0) is 15.8. The first-order valence-electron chi connectivity index (χ1n) is 7.73. The van der Waals surface area contributed by atoms with E-state index in [1.165, 1.54) is 11.1 Å². The molecule has 0 heterocycles. The molecular weight excluding hydrogens is 276 g/mol. The van der Waals surface area contributed by atoms with Crippen molar-refractivity contribution in [2.24, 2.45) is 0 Å². The average Bonchev–Trinajstić information content (AvgIpc) is 2.55. The Morgan fingerprint density at radius 3 is 2.23 bits per heavy atom. The SMILES string of the molecule is CCOc1ccccc1OC(=O)CCc1ccccc1CC. The largest absolute Gasteiger partial charge is 0.490 e. The number of esters is 1. The lowest BCUT2D eigenvalue weighted by Gasteiger charge is -2.11. The van der Waals surface area contributed by atoms with Gasteiger partial charge in [0.05, 0.1) is 6.61 Å². The van der Waals surface area contributed by atoms with Gasteiger partial charge in [-0.15, -0.1) is 0 Å². The Labute approximate surface area is 131 Å². The Balaban J connectivity index is 1.96. The molecule has 0 radical (unpaired) electrons. The van der Waals surface area contributed by atoms with Gasteiger partial charge < -0.3 is 9.47 Å². The van der Waals surface area contributed by atoms with Crippen LogP contribution in [0.15, 0.2) is 48.5 Å². The number of rotatable bonds is 7. The van der Waals surface area contributed by atoms with E-state index in [4.69, 9.17) is 9.47 Å². The van der Waals surface area contributed by atoms with Gasteiger partial charge in [-0.3, -0.25) is 4.79 Å². The van der Waals surface area contributed by atoms with Gasteiger partial charge in [-0.1, -0.05) is 43.3 Å². The van der Waals surface area contributed by atoms with Crippen molar-refractivity contribution in [1.29, 1.82) is 0 Å². The van der Waals surface area contributed by atoms with Crippen molar-refractivity contribution in [3.63, 3.8) is 0 Å². The topological polar surface area (TPSA) is 35.5 Å². The average molecular weight is 298 g/mol. The molecule has 0 aliphatic heterocycles. The van der Waals surface area contributed by atoms with Crippen LogP contribution in [-0.2, 0) is 17.6 Å². The van der Waals surface area contributed by atoms with E-state index in [1.54, 1.807) is 12.1 Å². The summed E-state index contributed by atoms with van der Waals surface area (Å²) in [6, 6.07) is 15.5. The normalized spacial score (nSPS) is 10.3. The number of carbonyl (C=O) groups is 1. The van der Waals surface area contributed by atoms with Crippen LogP contribution in [0.2, 0.25) is 0 Å². The van der Waals surface area contributed by atoms with Crippen molar-refractivity contribution in [1.82, 2.24) is 0 Å². The molecule has 22 heavy (non-hydrogen) atoms. The molecule has 0 spiro atoms. The molecule has 0 unspecified atom stereocenters. The van der Waals surface area contributed by atoms with Crippen LogP contribution in [-0.4, -0.2) is 12.6 Å². The van der Waals surface area contributed by atoms with E-state index < -0.39 is 0 Å². The highest BCUT2D eigenvalue weighted by Crippen LogP contribution is 2.26. The van der Waals surface area contributed by atoms with E-state index >= 15 is 0 Å². The molecule has 0 amide bonds. The van der Waals surface area contributed by atoms with Crippen LogP contribution in [0.25, 0.3) is 0 Å². The van der Waals surface area contributed by atoms with Gasteiger partial charge in [0, 0.05) is 6.42 Å². The first-order valence-corrected chi connectivity index (χ1v) is 7.73. The molecule has 0 saturated heterocycles. The minimum Gasteiger partial charge on any atom is -0.490 e. The third-order valence-electron chi connectivity index (χ3n) is 3.47. The lowest BCUT2D eigenvalue weighted by Crippen LogP contribution is -2.10. The Morgan fingerprint density at radius 2 is 1.55 bits per heavy atom. The molecule has 2 rings (SSSR count). The second kappa shape index (κ2) is 8.23. The van der Waals surface area contributed by atoms with Gasteiger partial charge in [0.1, 0.15) is 0 Å². The van der Waals surface area contributed by atoms with Gasteiger partial charge in [-0.2, -0.15) is 0 Å². The second-order valence-electron chi connectivity index (χ2n) is 4.98. The van der Waals surface area contributed by atoms with Gasteiger partial charge in [0.15, 0.2) is 11.5 Å². The number of carbonyl (C=O) groups excluding carboxylic acids is 1. The lowest BCUT2D eigenvalue weighted by atomic mass is 10.0. The molecule has 0 atom stereocenters. The minimum absolute atomic E-state index is 0.238. The van der Waals surface area contributed by atoms with Crippen molar-refractivity contribution in [2.75, 3.05) is 6.61 Å². The molecule has 0 aromatic heterocycles. The minimum atomic E-state index is -0.238. The predicted molar refractivity (Wildman–Crippen MR) is 87.4 cm³/mol. The molecule has 116 valence electrons. The summed E-state index contributed by atoms with van der Waals surface area (Å²) in [7, 11) is 0. The van der Waals surface area contributed by atoms with Crippen molar-refractivity contribution < 1.29 is 14.3 Å². The van der Waals surface area contributed by atoms with Crippen molar-refractivity contribution in [2.45, 2.75) is 33.1 Å². The van der Waals surface area contributed by atoms with Gasteiger partial charge >= 0.3 is 5.97 Å². The monoisotopic (exact) mass is 298 g/mol. The maximum Gasteiger partial charge on any atom is 0.311 e. The Hall–Kier alpha value is -2.29. The van der Waals surface area contributed by atoms with Crippen LogP contribution in [0.5, 0.6) is 11.5 Å². The summed E-state index contributed by atoms with van der Waals surface area (Å²) in [6.45, 7) is 4.56. The highest BCUT2D eigenvalue weighted by molar-refractivity contribution is 5.73. The summed E-state index contributed by atoms with van der Waals surface area (Å²) in [4.78, 5) is 12.1. The maximum absolute atomic E-state index is 12.1. The fourth-order valence-corrected chi connectivity index (χ4v) is 2.37. The fraction of sp³-hybridized carbons (Fsp3) is 0.316. The Morgan fingerprint density at radius 1 is 0.909 bits per heavy atom. The molecule has 3 heteroatoms. The van der Waals surface area contributed by atoms with E-state index in [0.29, 0.717) is 30.9 Å². The molecule has 3 nitrogen and oxygen atoms in total. The van der Waals surface area contributed by atoms with Crippen LogP contribution in [0.3, 0.4) is 0 Å². The van der Waals surface area contributed by atoms with Crippen LogP contribution in [0.4, 0.5) is 0 Å². The summed E-state index contributed by atoms with van der Waals surface area (Å²) in [5.41, 5.74) is 2.49. The van der Waals surface area contributed by atoms with Gasteiger partial charge in [0.2, 0.25) is 0 Å². The molecule has 2 aromatic carbocycles. The summed E-state index contributed by atoms with van der Waals surface area (Å²) in [5, 5.41) is 0. The molecule has 0 aliphatic carbocycles. The zero-order valence-electron chi connectivity index (χ0n) is 13.2. The highest BCUT2D eigenvalue weighted by Gasteiger charge is 2.10. The lowest BCUT2D eigenvalue weighted by molar-refractivity contribution is -0.134. The van der Waals surface area contributed by atoms with E-state index in [9.17, 15) is 4.79 Å². The maximum atomic E-state index is 12.1. The highest BCUT2D eigenvalue weighted by atomic mass is 16.6. The van der Waals surface area contributed by atoms with E-state index in [0.717, 1.165) is 6.42 Å². The van der Waals surface area contributed by atoms with Crippen LogP contribution in [0.1, 0.15) is 31.4 Å². The zero-order valence-corrected chi connectivity index (χ0v) is 13.2. The van der Waals surface area contributed by atoms with Crippen LogP contribution < -0.4 is 9.47 Å². The number of aryl methyl sites for hydroxylation is 2. The first kappa shape index (κ1) is 16.1. The Kier molecular flexibility index (Phi) is 6.01.